The largest absolute Gasteiger partial charge is 0.155 e. The first kappa shape index (κ1) is 17.9. The van der Waals surface area contributed by atoms with Crippen LogP contribution in [-0.4, -0.2) is 10.5 Å². The zero-order valence-corrected chi connectivity index (χ0v) is 14.5. The molecule has 0 aliphatic carbocycles. The summed E-state index contributed by atoms with van der Waals surface area (Å²) in [6.45, 7) is 18.4. The molecule has 1 atom stereocenters. The Hall–Kier alpha value is -0.0900. The van der Waals surface area contributed by atoms with Crippen LogP contribution in [0.5, 0.6) is 0 Å². The Morgan fingerprint density at radius 3 is 1.72 bits per heavy atom. The lowest BCUT2D eigenvalue weighted by Gasteiger charge is -2.32. The van der Waals surface area contributed by atoms with Gasteiger partial charge in [-0.2, -0.15) is 11.8 Å². The minimum absolute atomic E-state index is 0.273. The summed E-state index contributed by atoms with van der Waals surface area (Å²) in [5.41, 5.74) is 0.708. The van der Waals surface area contributed by atoms with E-state index in [9.17, 15) is 0 Å². The molecule has 0 amide bonds. The van der Waals surface area contributed by atoms with Crippen molar-refractivity contribution in [2.45, 2.75) is 73.0 Å². The van der Waals surface area contributed by atoms with Gasteiger partial charge in [-0.05, 0) is 29.4 Å². The molecule has 0 nitrogen and oxygen atoms in total. The molecule has 0 saturated carbocycles. The number of hydrogen-bond acceptors (Lipinski definition) is 1. The van der Waals surface area contributed by atoms with Crippen LogP contribution in [0, 0.1) is 29.1 Å². The first-order chi connectivity index (χ1) is 7.85. The maximum atomic E-state index is 5.71. The molecule has 106 valence electrons. The topological polar surface area (TPSA) is 0 Å². The second-order valence-corrected chi connectivity index (χ2v) is 10.1. The predicted octanol–water partition coefficient (Wildman–Crippen LogP) is 5.62. The fourth-order valence-corrected chi connectivity index (χ4v) is 3.14. The van der Waals surface area contributed by atoms with Crippen LogP contribution >= 0.6 is 11.8 Å². The first-order valence-electron chi connectivity index (χ1n) is 6.95. The molecule has 0 heterocycles. The van der Waals surface area contributed by atoms with Crippen molar-refractivity contribution in [2.75, 3.05) is 5.75 Å². The van der Waals surface area contributed by atoms with E-state index < -0.39 is 0 Å². The van der Waals surface area contributed by atoms with Crippen molar-refractivity contribution in [2.24, 2.45) is 16.7 Å². The van der Waals surface area contributed by atoms with Gasteiger partial charge in [0.1, 0.15) is 0 Å². The maximum Gasteiger partial charge on any atom is 0.0218 e. The summed E-state index contributed by atoms with van der Waals surface area (Å²) >= 11 is 2.06. The molecule has 0 aromatic carbocycles. The van der Waals surface area contributed by atoms with Crippen LogP contribution in [0.1, 0.15) is 68.2 Å². The molecular weight excluding hydrogens is 236 g/mol. The van der Waals surface area contributed by atoms with Gasteiger partial charge in [0.25, 0.3) is 0 Å². The lowest BCUT2D eigenvalue weighted by Crippen LogP contribution is -2.25. The molecule has 0 aromatic rings. The highest BCUT2D eigenvalue weighted by Crippen LogP contribution is 2.38. The highest BCUT2D eigenvalue weighted by molar-refractivity contribution is 8.00. The van der Waals surface area contributed by atoms with E-state index in [0.717, 1.165) is 12.8 Å². The van der Waals surface area contributed by atoms with E-state index in [4.69, 9.17) is 6.42 Å². The van der Waals surface area contributed by atoms with Gasteiger partial charge in [-0.15, -0.1) is 12.3 Å². The van der Waals surface area contributed by atoms with Gasteiger partial charge in [-0.3, -0.25) is 0 Å². The molecule has 18 heavy (non-hydrogen) atoms. The van der Waals surface area contributed by atoms with Crippen molar-refractivity contribution in [1.29, 1.82) is 0 Å². The molecule has 0 radical (unpaired) electrons. The highest BCUT2D eigenvalue weighted by Gasteiger charge is 2.27. The normalized spacial score (nSPS) is 15.3. The summed E-state index contributed by atoms with van der Waals surface area (Å²) < 4.78 is 0.273. The number of terminal acetylenes is 1. The van der Waals surface area contributed by atoms with Crippen molar-refractivity contribution in [3.8, 4) is 12.3 Å². The standard InChI is InChI=1S/C17H32S/c1-10-14(11-15(2,3)4)12-17(8,9)18-13-16(5,6)7/h1,14H,11-13H2,2-9H3. The summed E-state index contributed by atoms with van der Waals surface area (Å²) in [6, 6.07) is 0. The summed E-state index contributed by atoms with van der Waals surface area (Å²) in [5.74, 6) is 4.58. The van der Waals surface area contributed by atoms with Crippen LogP contribution in [0.3, 0.4) is 0 Å². The van der Waals surface area contributed by atoms with Crippen molar-refractivity contribution in [3.63, 3.8) is 0 Å². The Kier molecular flexibility index (Phi) is 6.34. The Morgan fingerprint density at radius 1 is 0.889 bits per heavy atom. The van der Waals surface area contributed by atoms with E-state index in [1.165, 1.54) is 5.75 Å². The molecule has 0 aliphatic rings. The number of hydrogen-bond donors (Lipinski definition) is 0. The summed E-state index contributed by atoms with van der Waals surface area (Å²) in [4.78, 5) is 0. The van der Waals surface area contributed by atoms with Gasteiger partial charge in [0.2, 0.25) is 0 Å². The van der Waals surface area contributed by atoms with Crippen LogP contribution in [0.2, 0.25) is 0 Å². The van der Waals surface area contributed by atoms with Crippen LogP contribution in [0.15, 0.2) is 0 Å². The zero-order chi connectivity index (χ0) is 14.6. The maximum absolute atomic E-state index is 5.71. The Balaban J connectivity index is 4.41. The Morgan fingerprint density at radius 2 is 1.39 bits per heavy atom. The molecule has 0 saturated heterocycles. The van der Waals surface area contributed by atoms with Crippen molar-refractivity contribution in [3.05, 3.63) is 0 Å². The van der Waals surface area contributed by atoms with E-state index in [2.05, 4.69) is 73.1 Å². The summed E-state index contributed by atoms with van der Waals surface area (Å²) in [6.07, 6.45) is 7.94. The van der Waals surface area contributed by atoms with Crippen LogP contribution in [0.4, 0.5) is 0 Å². The van der Waals surface area contributed by atoms with Crippen molar-refractivity contribution < 1.29 is 0 Å². The van der Waals surface area contributed by atoms with Gasteiger partial charge >= 0.3 is 0 Å². The Labute approximate surface area is 120 Å². The third-order valence-electron chi connectivity index (χ3n) is 2.73. The van der Waals surface area contributed by atoms with Crippen molar-refractivity contribution >= 4 is 11.8 Å². The van der Waals surface area contributed by atoms with Gasteiger partial charge in [-0.1, -0.05) is 55.4 Å². The zero-order valence-electron chi connectivity index (χ0n) is 13.7. The number of thioether (sulfide) groups is 1. The third kappa shape index (κ3) is 9.89. The van der Waals surface area contributed by atoms with Crippen molar-refractivity contribution in [1.82, 2.24) is 0 Å². The van der Waals surface area contributed by atoms with Gasteiger partial charge in [0.05, 0.1) is 0 Å². The molecule has 1 unspecified atom stereocenters. The van der Waals surface area contributed by atoms with E-state index in [1.807, 2.05) is 0 Å². The molecule has 0 N–H and O–H groups in total. The smallest absolute Gasteiger partial charge is 0.0218 e. The molecule has 0 spiro atoms. The minimum atomic E-state index is 0.273. The molecule has 0 fully saturated rings. The van der Waals surface area contributed by atoms with Gasteiger partial charge in [-0.25, -0.2) is 0 Å². The average Bonchev–Trinajstić information content (AvgIpc) is 2.10. The molecule has 0 bridgehead atoms. The van der Waals surface area contributed by atoms with Crippen LogP contribution < -0.4 is 0 Å². The van der Waals surface area contributed by atoms with Crippen LogP contribution in [-0.2, 0) is 0 Å². The molecule has 1 heteroatoms. The predicted molar refractivity (Wildman–Crippen MR) is 87.0 cm³/mol. The van der Waals surface area contributed by atoms with E-state index in [0.29, 0.717) is 16.7 Å². The lowest BCUT2D eigenvalue weighted by atomic mass is 9.81. The summed E-state index contributed by atoms with van der Waals surface area (Å²) in [7, 11) is 0. The number of rotatable bonds is 5. The molecule has 0 aliphatic heterocycles. The van der Waals surface area contributed by atoms with Gasteiger partial charge < -0.3 is 0 Å². The highest BCUT2D eigenvalue weighted by atomic mass is 32.2. The minimum Gasteiger partial charge on any atom is -0.155 e. The fourth-order valence-electron chi connectivity index (χ4n) is 1.99. The van der Waals surface area contributed by atoms with E-state index in [-0.39, 0.29) is 4.75 Å². The second-order valence-electron chi connectivity index (χ2n) is 8.44. The first-order valence-corrected chi connectivity index (χ1v) is 7.93. The van der Waals surface area contributed by atoms with Crippen LogP contribution in [0.25, 0.3) is 0 Å². The van der Waals surface area contributed by atoms with Gasteiger partial charge in [0.15, 0.2) is 0 Å². The lowest BCUT2D eigenvalue weighted by molar-refractivity contribution is 0.311. The quantitative estimate of drug-likeness (QED) is 0.583. The second kappa shape index (κ2) is 6.38. The van der Waals surface area contributed by atoms with E-state index >= 15 is 0 Å². The summed E-state index contributed by atoms with van der Waals surface area (Å²) in [5, 5.41) is 0. The third-order valence-corrected chi connectivity index (χ3v) is 4.69. The monoisotopic (exact) mass is 268 g/mol. The average molecular weight is 269 g/mol. The SMILES string of the molecule is C#CC(CC(C)(C)C)CC(C)(C)SCC(C)(C)C. The van der Waals surface area contributed by atoms with Gasteiger partial charge in [0, 0.05) is 10.7 Å². The fraction of sp³-hybridized carbons (Fsp3) is 0.882. The van der Waals surface area contributed by atoms with E-state index in [1.54, 1.807) is 0 Å². The molecule has 0 aromatic heterocycles. The Bertz CT molecular complexity index is 280. The molecular formula is C17H32S. The molecule has 0 rings (SSSR count).